The van der Waals surface area contributed by atoms with Crippen molar-refractivity contribution >= 4 is 31.9 Å². The number of hydrogen-bond acceptors (Lipinski definition) is 0. The van der Waals surface area contributed by atoms with Crippen LogP contribution in [-0.4, -0.2) is 0 Å². The largest absolute Gasteiger partial charge is 0.207 e. The average molecular weight is 394 g/mol. The summed E-state index contributed by atoms with van der Waals surface area (Å²) in [6.45, 7) is 1.49. The van der Waals surface area contributed by atoms with Gasteiger partial charge in [0.05, 0.1) is 4.83 Å². The molecule has 0 radical (unpaired) electrons. The zero-order valence-corrected chi connectivity index (χ0v) is 13.0. The summed E-state index contributed by atoms with van der Waals surface area (Å²) in [6, 6.07) is 6.49. The Bertz CT molecular complexity index is 606. The number of rotatable bonds is 2. The molecule has 0 aliphatic rings. The molecular weight excluding hydrogens is 385 g/mol. The van der Waals surface area contributed by atoms with Gasteiger partial charge in [-0.05, 0) is 48.4 Å². The molecule has 100 valence electrons. The van der Waals surface area contributed by atoms with Gasteiger partial charge in [-0.1, -0.05) is 31.9 Å². The Balaban J connectivity index is 2.49. The maximum absolute atomic E-state index is 13.9. The van der Waals surface area contributed by atoms with Crippen LogP contribution in [0.5, 0.6) is 0 Å². The first-order chi connectivity index (χ1) is 8.88. The molecule has 0 amide bonds. The molecule has 0 nitrogen and oxygen atoms in total. The Hall–Kier alpha value is -0.810. The minimum absolute atomic E-state index is 0.139. The van der Waals surface area contributed by atoms with Crippen LogP contribution in [0.2, 0.25) is 0 Å². The van der Waals surface area contributed by atoms with Crippen molar-refractivity contribution in [2.24, 2.45) is 0 Å². The van der Waals surface area contributed by atoms with Crippen molar-refractivity contribution in [2.75, 3.05) is 0 Å². The van der Waals surface area contributed by atoms with Crippen LogP contribution >= 0.6 is 31.9 Å². The first-order valence-electron chi connectivity index (χ1n) is 5.44. The van der Waals surface area contributed by atoms with Crippen molar-refractivity contribution in [3.05, 3.63) is 68.9 Å². The van der Waals surface area contributed by atoms with Gasteiger partial charge in [0, 0.05) is 10.0 Å². The van der Waals surface area contributed by atoms with E-state index in [0.29, 0.717) is 10.0 Å². The molecule has 1 unspecified atom stereocenters. The lowest BCUT2D eigenvalue weighted by Crippen LogP contribution is -2.00. The van der Waals surface area contributed by atoms with Crippen molar-refractivity contribution < 1.29 is 13.2 Å². The van der Waals surface area contributed by atoms with Crippen LogP contribution in [0.4, 0.5) is 13.2 Å². The maximum atomic E-state index is 13.9. The minimum Gasteiger partial charge on any atom is -0.207 e. The van der Waals surface area contributed by atoms with E-state index in [9.17, 15) is 13.2 Å². The molecule has 2 rings (SSSR count). The van der Waals surface area contributed by atoms with E-state index in [0.717, 1.165) is 12.1 Å². The van der Waals surface area contributed by atoms with Crippen LogP contribution < -0.4 is 0 Å². The van der Waals surface area contributed by atoms with Crippen molar-refractivity contribution in [1.29, 1.82) is 0 Å². The fourth-order valence-corrected chi connectivity index (χ4v) is 2.86. The van der Waals surface area contributed by atoms with Gasteiger partial charge >= 0.3 is 0 Å². The predicted octanol–water partition coefficient (Wildman–Crippen LogP) is 5.66. The van der Waals surface area contributed by atoms with Gasteiger partial charge in [-0.2, -0.15) is 0 Å². The molecule has 0 saturated heterocycles. The molecule has 2 aromatic carbocycles. The monoisotopic (exact) mass is 392 g/mol. The lowest BCUT2D eigenvalue weighted by atomic mass is 10.0. The van der Waals surface area contributed by atoms with Crippen molar-refractivity contribution in [3.63, 3.8) is 0 Å². The molecule has 0 spiro atoms. The second-order valence-electron chi connectivity index (χ2n) is 4.19. The van der Waals surface area contributed by atoms with Gasteiger partial charge in [-0.25, -0.2) is 13.2 Å². The minimum atomic E-state index is -0.616. The fraction of sp³-hybridized carbons (Fsp3) is 0.143. The zero-order valence-electron chi connectivity index (χ0n) is 9.85. The Morgan fingerprint density at radius 1 is 0.947 bits per heavy atom. The average Bonchev–Trinajstić information content (AvgIpc) is 2.31. The Morgan fingerprint density at radius 2 is 1.63 bits per heavy atom. The standard InChI is InChI=1S/C14H9Br2F3/c1-7-2-13(19)11(6-12(7)18)14(16)8-3-9(15)5-10(17)4-8/h2-6,14H,1H3. The molecule has 2 aromatic rings. The van der Waals surface area contributed by atoms with E-state index in [1.807, 2.05) is 0 Å². The van der Waals surface area contributed by atoms with Gasteiger partial charge < -0.3 is 0 Å². The van der Waals surface area contributed by atoms with E-state index in [-0.39, 0.29) is 11.1 Å². The molecule has 0 bridgehead atoms. The number of alkyl halides is 1. The molecule has 5 heteroatoms. The summed E-state index contributed by atoms with van der Waals surface area (Å²) in [6.07, 6.45) is 0. The topological polar surface area (TPSA) is 0 Å². The normalized spacial score (nSPS) is 12.5. The molecule has 0 fully saturated rings. The van der Waals surface area contributed by atoms with Crippen molar-refractivity contribution in [3.8, 4) is 0 Å². The van der Waals surface area contributed by atoms with Gasteiger partial charge in [0.15, 0.2) is 0 Å². The van der Waals surface area contributed by atoms with E-state index in [4.69, 9.17) is 0 Å². The van der Waals surface area contributed by atoms with Gasteiger partial charge in [0.25, 0.3) is 0 Å². The highest BCUT2D eigenvalue weighted by Gasteiger charge is 2.18. The molecule has 0 saturated carbocycles. The highest BCUT2D eigenvalue weighted by Crippen LogP contribution is 2.35. The van der Waals surface area contributed by atoms with Crippen LogP contribution in [-0.2, 0) is 0 Å². The highest BCUT2D eigenvalue weighted by molar-refractivity contribution is 9.10. The van der Waals surface area contributed by atoms with E-state index in [2.05, 4.69) is 31.9 Å². The fourth-order valence-electron chi connectivity index (χ4n) is 1.76. The van der Waals surface area contributed by atoms with E-state index in [1.54, 1.807) is 6.07 Å². The molecular formula is C14H9Br2F3. The Labute approximate surface area is 125 Å². The summed E-state index contributed by atoms with van der Waals surface area (Å²) < 4.78 is 41.3. The predicted molar refractivity (Wildman–Crippen MR) is 76.0 cm³/mol. The first-order valence-corrected chi connectivity index (χ1v) is 7.15. The Morgan fingerprint density at radius 3 is 2.26 bits per heavy atom. The second-order valence-corrected chi connectivity index (χ2v) is 6.02. The van der Waals surface area contributed by atoms with Crippen LogP contribution in [0.15, 0.2) is 34.8 Å². The zero-order chi connectivity index (χ0) is 14.2. The molecule has 0 N–H and O–H groups in total. The molecule has 0 heterocycles. The first kappa shape index (κ1) is 14.6. The van der Waals surface area contributed by atoms with Crippen LogP contribution in [0.1, 0.15) is 21.5 Å². The van der Waals surface area contributed by atoms with Crippen LogP contribution in [0, 0.1) is 24.4 Å². The summed E-state index contributed by atoms with van der Waals surface area (Å²) in [5.41, 5.74) is 0.885. The third-order valence-electron chi connectivity index (χ3n) is 2.73. The van der Waals surface area contributed by atoms with Gasteiger partial charge in [-0.15, -0.1) is 0 Å². The quantitative estimate of drug-likeness (QED) is 0.577. The number of halogens is 5. The van der Waals surface area contributed by atoms with Gasteiger partial charge in [-0.3, -0.25) is 0 Å². The third-order valence-corrected chi connectivity index (χ3v) is 4.21. The SMILES string of the molecule is Cc1cc(F)c(C(Br)c2cc(F)cc(Br)c2)cc1F. The molecule has 19 heavy (non-hydrogen) atoms. The summed E-state index contributed by atoms with van der Waals surface area (Å²) in [4.78, 5) is -0.616. The van der Waals surface area contributed by atoms with Gasteiger partial charge in [0.1, 0.15) is 17.5 Å². The third kappa shape index (κ3) is 3.20. The highest BCUT2D eigenvalue weighted by atomic mass is 79.9. The number of benzene rings is 2. The second kappa shape index (κ2) is 5.67. The Kier molecular flexibility index (Phi) is 4.36. The molecule has 1 atom stereocenters. The maximum Gasteiger partial charge on any atom is 0.128 e. The van der Waals surface area contributed by atoms with Gasteiger partial charge in [0.2, 0.25) is 0 Å². The molecule has 0 aliphatic carbocycles. The van der Waals surface area contributed by atoms with Crippen molar-refractivity contribution in [2.45, 2.75) is 11.8 Å². The van der Waals surface area contributed by atoms with E-state index in [1.165, 1.54) is 19.1 Å². The summed E-state index contributed by atoms with van der Waals surface area (Å²) in [7, 11) is 0. The molecule has 0 aliphatic heterocycles. The lowest BCUT2D eigenvalue weighted by molar-refractivity contribution is 0.580. The van der Waals surface area contributed by atoms with Crippen LogP contribution in [0.25, 0.3) is 0 Å². The van der Waals surface area contributed by atoms with E-state index < -0.39 is 22.3 Å². The number of hydrogen-bond donors (Lipinski definition) is 0. The lowest BCUT2D eigenvalue weighted by Gasteiger charge is -2.13. The van der Waals surface area contributed by atoms with Crippen molar-refractivity contribution in [1.82, 2.24) is 0 Å². The smallest absolute Gasteiger partial charge is 0.128 e. The molecule has 0 aromatic heterocycles. The number of aryl methyl sites for hydroxylation is 1. The summed E-state index contributed by atoms with van der Waals surface area (Å²) in [5.74, 6) is -1.46. The van der Waals surface area contributed by atoms with Crippen LogP contribution in [0.3, 0.4) is 0 Å². The van der Waals surface area contributed by atoms with E-state index >= 15 is 0 Å². The summed E-state index contributed by atoms with van der Waals surface area (Å²) >= 11 is 6.45. The summed E-state index contributed by atoms with van der Waals surface area (Å²) in [5, 5.41) is 0.